The normalized spacial score (nSPS) is 14.6. The third-order valence-electron chi connectivity index (χ3n) is 3.29. The van der Waals surface area contributed by atoms with Crippen LogP contribution in [0.5, 0.6) is 5.75 Å². The van der Waals surface area contributed by atoms with Crippen molar-refractivity contribution in [2.75, 3.05) is 25.1 Å². The Kier molecular flexibility index (Phi) is 4.27. The predicted molar refractivity (Wildman–Crippen MR) is 71.8 cm³/mol. The molecule has 0 aliphatic carbocycles. The molecule has 2 N–H and O–H groups in total. The minimum Gasteiger partial charge on any atom is -0.493 e. The van der Waals surface area contributed by atoms with Crippen LogP contribution in [0.1, 0.15) is 18.4 Å². The van der Waals surface area contributed by atoms with Crippen molar-refractivity contribution >= 4 is 11.7 Å². The van der Waals surface area contributed by atoms with Gasteiger partial charge in [0, 0.05) is 32.1 Å². The van der Waals surface area contributed by atoms with Crippen molar-refractivity contribution in [2.24, 2.45) is 0 Å². The molecule has 1 unspecified atom stereocenters. The number of fused-ring (bicyclic) bond motifs is 1. The van der Waals surface area contributed by atoms with Crippen molar-refractivity contribution in [3.05, 3.63) is 23.8 Å². The third-order valence-corrected chi connectivity index (χ3v) is 3.29. The van der Waals surface area contributed by atoms with Gasteiger partial charge in [-0.2, -0.15) is 0 Å². The maximum atomic E-state index is 10.4. The summed E-state index contributed by atoms with van der Waals surface area (Å²) in [5.41, 5.74) is 2.20. The van der Waals surface area contributed by atoms with E-state index in [0.717, 1.165) is 24.5 Å². The molecule has 2 rings (SSSR count). The van der Waals surface area contributed by atoms with Gasteiger partial charge in [-0.3, -0.25) is 4.79 Å². The number of rotatable bonds is 6. The molecule has 0 saturated carbocycles. The van der Waals surface area contributed by atoms with Crippen LogP contribution < -0.4 is 9.64 Å². The Bertz CT molecular complexity index is 461. The van der Waals surface area contributed by atoms with Crippen molar-refractivity contribution < 1.29 is 19.7 Å². The summed E-state index contributed by atoms with van der Waals surface area (Å²) in [5, 5.41) is 18.4. The molecule has 0 saturated heterocycles. The zero-order valence-electron chi connectivity index (χ0n) is 11.0. The largest absolute Gasteiger partial charge is 0.493 e. The van der Waals surface area contributed by atoms with E-state index in [1.807, 2.05) is 24.1 Å². The summed E-state index contributed by atoms with van der Waals surface area (Å²) in [7, 11) is 1.89. The van der Waals surface area contributed by atoms with Gasteiger partial charge in [-0.1, -0.05) is 0 Å². The Hall–Kier alpha value is -1.75. The molecular weight excluding hydrogens is 246 g/mol. The molecule has 1 heterocycles. The molecule has 0 bridgehead atoms. The number of hydrogen-bond acceptors (Lipinski definition) is 4. The second kappa shape index (κ2) is 5.93. The highest BCUT2D eigenvalue weighted by molar-refractivity contribution is 5.66. The standard InChI is InChI=1S/C14H19NO4/c1-15(9-12(16)3-5-14(17)18)11-2-4-13-10(8-11)6-7-19-13/h2,4,8,12,16H,3,5-7,9H2,1H3,(H,17,18). The van der Waals surface area contributed by atoms with Crippen LogP contribution in [0.2, 0.25) is 0 Å². The zero-order chi connectivity index (χ0) is 13.8. The van der Waals surface area contributed by atoms with E-state index in [2.05, 4.69) is 6.07 Å². The average molecular weight is 265 g/mol. The lowest BCUT2D eigenvalue weighted by molar-refractivity contribution is -0.137. The highest BCUT2D eigenvalue weighted by Gasteiger charge is 2.15. The van der Waals surface area contributed by atoms with Crippen LogP contribution in [-0.4, -0.2) is 42.5 Å². The predicted octanol–water partition coefficient (Wildman–Crippen LogP) is 1.28. The zero-order valence-corrected chi connectivity index (χ0v) is 11.0. The molecule has 104 valence electrons. The molecular formula is C14H19NO4. The molecule has 1 aromatic carbocycles. The summed E-state index contributed by atoms with van der Waals surface area (Å²) in [4.78, 5) is 12.4. The fourth-order valence-electron chi connectivity index (χ4n) is 2.21. The van der Waals surface area contributed by atoms with Gasteiger partial charge in [0.2, 0.25) is 0 Å². The van der Waals surface area contributed by atoms with E-state index in [1.54, 1.807) is 0 Å². The molecule has 0 radical (unpaired) electrons. The number of likely N-dealkylation sites (N-methyl/N-ethyl adjacent to an activating group) is 1. The van der Waals surface area contributed by atoms with Crippen LogP contribution in [0, 0.1) is 0 Å². The lowest BCUT2D eigenvalue weighted by atomic mass is 10.1. The fourth-order valence-corrected chi connectivity index (χ4v) is 2.21. The van der Waals surface area contributed by atoms with Gasteiger partial charge in [0.1, 0.15) is 5.75 Å². The summed E-state index contributed by atoms with van der Waals surface area (Å²) in [5.74, 6) is 0.0555. The van der Waals surface area contributed by atoms with E-state index >= 15 is 0 Å². The molecule has 1 aliphatic heterocycles. The molecule has 0 spiro atoms. The summed E-state index contributed by atoms with van der Waals surface area (Å²) < 4.78 is 5.45. The number of carboxylic acid groups (broad SMARTS) is 1. The van der Waals surface area contributed by atoms with Crippen molar-refractivity contribution in [2.45, 2.75) is 25.4 Å². The molecule has 19 heavy (non-hydrogen) atoms. The van der Waals surface area contributed by atoms with Gasteiger partial charge in [0.15, 0.2) is 0 Å². The van der Waals surface area contributed by atoms with Gasteiger partial charge >= 0.3 is 5.97 Å². The molecule has 1 aliphatic rings. The van der Waals surface area contributed by atoms with E-state index < -0.39 is 12.1 Å². The van der Waals surface area contributed by atoms with Gasteiger partial charge in [-0.15, -0.1) is 0 Å². The Morgan fingerprint density at radius 3 is 3.05 bits per heavy atom. The molecule has 5 heteroatoms. The smallest absolute Gasteiger partial charge is 0.303 e. The molecule has 0 fully saturated rings. The lowest BCUT2D eigenvalue weighted by Crippen LogP contribution is -2.29. The fraction of sp³-hybridized carbons (Fsp3) is 0.500. The van der Waals surface area contributed by atoms with Crippen LogP contribution in [-0.2, 0) is 11.2 Å². The molecule has 0 aromatic heterocycles. The van der Waals surface area contributed by atoms with E-state index in [4.69, 9.17) is 9.84 Å². The van der Waals surface area contributed by atoms with Gasteiger partial charge in [0.05, 0.1) is 12.7 Å². The minimum absolute atomic E-state index is 0.00691. The number of nitrogens with zero attached hydrogens (tertiary/aromatic N) is 1. The van der Waals surface area contributed by atoms with E-state index in [9.17, 15) is 9.90 Å². The lowest BCUT2D eigenvalue weighted by Gasteiger charge is -2.23. The van der Waals surface area contributed by atoms with Crippen LogP contribution in [0.25, 0.3) is 0 Å². The minimum atomic E-state index is -0.878. The molecule has 5 nitrogen and oxygen atoms in total. The Morgan fingerprint density at radius 1 is 1.53 bits per heavy atom. The number of benzene rings is 1. The monoisotopic (exact) mass is 265 g/mol. The summed E-state index contributed by atoms with van der Waals surface area (Å²) in [6, 6.07) is 5.96. The first kappa shape index (κ1) is 13.7. The van der Waals surface area contributed by atoms with E-state index in [-0.39, 0.29) is 12.8 Å². The number of anilines is 1. The second-order valence-electron chi connectivity index (χ2n) is 4.86. The van der Waals surface area contributed by atoms with Crippen LogP contribution in [0.4, 0.5) is 5.69 Å². The van der Waals surface area contributed by atoms with E-state index in [0.29, 0.717) is 6.54 Å². The number of carbonyl (C=O) groups is 1. The van der Waals surface area contributed by atoms with Gasteiger partial charge in [-0.25, -0.2) is 0 Å². The number of aliphatic hydroxyl groups is 1. The van der Waals surface area contributed by atoms with Crippen LogP contribution in [0.15, 0.2) is 18.2 Å². The Balaban J connectivity index is 1.92. The highest BCUT2D eigenvalue weighted by Crippen LogP contribution is 2.29. The quantitative estimate of drug-likeness (QED) is 0.811. The van der Waals surface area contributed by atoms with Crippen molar-refractivity contribution in [3.63, 3.8) is 0 Å². The van der Waals surface area contributed by atoms with Crippen LogP contribution >= 0.6 is 0 Å². The maximum Gasteiger partial charge on any atom is 0.303 e. The van der Waals surface area contributed by atoms with E-state index in [1.165, 1.54) is 5.56 Å². The Morgan fingerprint density at radius 2 is 2.32 bits per heavy atom. The average Bonchev–Trinajstić information content (AvgIpc) is 2.83. The summed E-state index contributed by atoms with van der Waals surface area (Å²) >= 11 is 0. The first-order chi connectivity index (χ1) is 9.06. The van der Waals surface area contributed by atoms with Gasteiger partial charge < -0.3 is 19.8 Å². The number of aliphatic carboxylic acids is 1. The first-order valence-corrected chi connectivity index (χ1v) is 6.43. The SMILES string of the molecule is CN(CC(O)CCC(=O)O)c1ccc2c(c1)CCO2. The third kappa shape index (κ3) is 3.61. The topological polar surface area (TPSA) is 70.0 Å². The van der Waals surface area contributed by atoms with Crippen molar-refractivity contribution in [1.29, 1.82) is 0 Å². The number of carboxylic acids is 1. The molecule has 1 aromatic rings. The molecule has 1 atom stereocenters. The van der Waals surface area contributed by atoms with Gasteiger partial charge in [-0.05, 0) is 30.2 Å². The van der Waals surface area contributed by atoms with Crippen molar-refractivity contribution in [1.82, 2.24) is 0 Å². The van der Waals surface area contributed by atoms with Gasteiger partial charge in [0.25, 0.3) is 0 Å². The Labute approximate surface area is 112 Å². The second-order valence-corrected chi connectivity index (χ2v) is 4.86. The maximum absolute atomic E-state index is 10.4. The summed E-state index contributed by atoms with van der Waals surface area (Å²) in [6.45, 7) is 1.15. The number of hydrogen-bond donors (Lipinski definition) is 2. The summed E-state index contributed by atoms with van der Waals surface area (Å²) in [6.07, 6.45) is 0.546. The first-order valence-electron chi connectivity index (χ1n) is 6.43. The number of ether oxygens (including phenoxy) is 1. The number of aliphatic hydroxyl groups excluding tert-OH is 1. The van der Waals surface area contributed by atoms with Crippen molar-refractivity contribution in [3.8, 4) is 5.75 Å². The molecule has 0 amide bonds. The highest BCUT2D eigenvalue weighted by atomic mass is 16.5. The van der Waals surface area contributed by atoms with Crippen LogP contribution in [0.3, 0.4) is 0 Å².